The first-order valence-electron chi connectivity index (χ1n) is 40.2. The average molecular weight is 1440 g/mol. The number of aromatic nitrogens is 4. The van der Waals surface area contributed by atoms with Crippen molar-refractivity contribution in [2.75, 3.05) is 0 Å². The van der Waals surface area contributed by atoms with Crippen molar-refractivity contribution in [2.24, 2.45) is 44.4 Å². The lowest BCUT2D eigenvalue weighted by Crippen LogP contribution is -2.32. The third-order valence-corrected chi connectivity index (χ3v) is 24.1. The number of hydrogen-bond acceptors (Lipinski definition) is 0. The molecule has 8 aromatic carbocycles. The lowest BCUT2D eigenvalue weighted by Gasteiger charge is -2.23. The van der Waals surface area contributed by atoms with Crippen LogP contribution in [0.2, 0.25) is 0 Å². The van der Waals surface area contributed by atoms with Crippen LogP contribution in [-0.4, -0.2) is 0 Å². The zero-order chi connectivity index (χ0) is 78.5. The number of aryl methyl sites for hydroxylation is 18. The molecule has 0 atom stereocenters. The topological polar surface area (TPSA) is 15.5 Å². The van der Waals surface area contributed by atoms with E-state index in [0.717, 1.165) is 44.9 Å². The summed E-state index contributed by atoms with van der Waals surface area (Å²) in [5.74, 6) is 0. The van der Waals surface area contributed by atoms with Crippen molar-refractivity contribution in [1.29, 1.82) is 0 Å². The summed E-state index contributed by atoms with van der Waals surface area (Å²) in [5.41, 5.74) is 58.8. The van der Waals surface area contributed by atoms with E-state index >= 15 is 0 Å². The minimum absolute atomic E-state index is 0.268. The summed E-state index contributed by atoms with van der Waals surface area (Å²) in [6, 6.07) is 53.3. The van der Waals surface area contributed by atoms with Crippen LogP contribution >= 0.6 is 0 Å². The van der Waals surface area contributed by atoms with Crippen molar-refractivity contribution in [3.8, 4) is 89.5 Å². The Hall–Kier alpha value is -9.64. The van der Waals surface area contributed by atoms with E-state index in [-0.39, 0.29) is 10.8 Å². The number of pyridine rings is 4. The van der Waals surface area contributed by atoms with Gasteiger partial charge in [0.1, 0.15) is 28.2 Å². The van der Waals surface area contributed by atoms with Gasteiger partial charge in [0, 0.05) is 46.5 Å². The van der Waals surface area contributed by atoms with Crippen LogP contribution in [0.4, 0.5) is 0 Å². The van der Waals surface area contributed by atoms with Gasteiger partial charge in [-0.15, -0.1) is 0 Å². The highest BCUT2D eigenvalue weighted by Gasteiger charge is 2.35. The van der Waals surface area contributed by atoms with E-state index < -0.39 is 0 Å². The van der Waals surface area contributed by atoms with Crippen LogP contribution in [0.25, 0.3) is 89.5 Å². The summed E-state index contributed by atoms with van der Waals surface area (Å²) in [7, 11) is 8.69. The number of nitrogens with zero attached hydrogens (tertiary/aromatic N) is 4. The Morgan fingerprint density at radius 2 is 0.615 bits per heavy atom. The van der Waals surface area contributed by atoms with Crippen LogP contribution in [0.15, 0.2) is 164 Å². The first kappa shape index (κ1) is 77.5. The summed E-state index contributed by atoms with van der Waals surface area (Å²) >= 11 is 0. The van der Waals surface area contributed by atoms with Gasteiger partial charge in [0.05, 0.1) is 22.3 Å². The van der Waals surface area contributed by atoms with Gasteiger partial charge in [-0.2, -0.15) is 0 Å². The predicted molar refractivity (Wildman–Crippen MR) is 461 cm³/mol. The van der Waals surface area contributed by atoms with Gasteiger partial charge in [0.25, 0.3) is 0 Å². The molecule has 0 saturated heterocycles. The van der Waals surface area contributed by atoms with E-state index in [9.17, 15) is 0 Å². The Morgan fingerprint density at radius 1 is 0.239 bits per heavy atom. The Kier molecular flexibility index (Phi) is 21.1. The minimum atomic E-state index is 0.268. The molecule has 0 radical (unpaired) electrons. The second kappa shape index (κ2) is 29.6. The highest BCUT2D eigenvalue weighted by molar-refractivity contribution is 5.91. The van der Waals surface area contributed by atoms with E-state index in [1.807, 2.05) is 0 Å². The van der Waals surface area contributed by atoms with Gasteiger partial charge in [-0.25, -0.2) is 18.3 Å². The molecule has 0 N–H and O–H groups in total. The number of fused-ring (bicyclic) bond motifs is 12. The molecule has 0 bridgehead atoms. The van der Waals surface area contributed by atoms with Crippen LogP contribution in [0.1, 0.15) is 201 Å². The van der Waals surface area contributed by atoms with E-state index in [4.69, 9.17) is 0 Å². The number of rotatable bonds is 7. The molecule has 0 amide bonds. The second-order valence-corrected chi connectivity index (χ2v) is 37.1. The number of benzene rings is 8. The van der Waals surface area contributed by atoms with E-state index in [0.29, 0.717) is 5.41 Å². The fourth-order valence-electron chi connectivity index (χ4n) is 18.6. The molecule has 0 saturated carbocycles. The maximum absolute atomic E-state index is 2.46. The van der Waals surface area contributed by atoms with Gasteiger partial charge in [-0.3, -0.25) is 0 Å². The molecule has 4 aliphatic rings. The number of hydrogen-bond donors (Lipinski definition) is 0. The molecule has 0 fully saturated rings. The minimum Gasteiger partial charge on any atom is -0.201 e. The Balaban J connectivity index is 0.000000128. The largest absolute Gasteiger partial charge is 0.213 e. The van der Waals surface area contributed by atoms with E-state index in [1.165, 1.54) is 229 Å². The van der Waals surface area contributed by atoms with Gasteiger partial charge < -0.3 is 0 Å². The molecule has 16 rings (SSSR count). The summed E-state index contributed by atoms with van der Waals surface area (Å²) < 4.78 is 9.18. The molecule has 12 aromatic rings. The zero-order valence-electron chi connectivity index (χ0n) is 71.3. The third-order valence-electron chi connectivity index (χ3n) is 24.1. The summed E-state index contributed by atoms with van der Waals surface area (Å²) in [4.78, 5) is 0. The van der Waals surface area contributed by atoms with Crippen molar-refractivity contribution >= 4 is 0 Å². The van der Waals surface area contributed by atoms with Gasteiger partial charge >= 0.3 is 0 Å². The molecule has 0 spiro atoms. The van der Waals surface area contributed by atoms with Crippen molar-refractivity contribution in [3.63, 3.8) is 0 Å². The maximum Gasteiger partial charge on any atom is 0.213 e. The molecular weight excluding hydrogens is 1320 g/mol. The molecular formula is C105H122N4+4. The SMILES string of the molecule is Cc1cc(-c2c(C)cc(C)c3c2Cc2cccc(C)c2-3)[n+](C)cc1C.Cc1cc(-c2c(C)cc(CC(C)(C)C)c3c2Cc2ccccc2-3)[n+](C)cc1C.Cc1cc(-c2c(C)ccc3c2Cc2ccc(CC(C)(C)C)cc2-3)[n+](C)cc1C.Cc1cc(-c2c(C)ccc3c2Cc2cccc(CC(C)(C)C)c2-3)[n+](C)cc1C. The Morgan fingerprint density at radius 3 is 1.13 bits per heavy atom. The van der Waals surface area contributed by atoms with Gasteiger partial charge in [-0.05, 0) is 319 Å². The van der Waals surface area contributed by atoms with Crippen molar-refractivity contribution in [1.82, 2.24) is 0 Å². The summed E-state index contributed by atoms with van der Waals surface area (Å²) in [6.45, 7) is 52.1. The molecule has 0 unspecified atom stereocenters. The predicted octanol–water partition coefficient (Wildman–Crippen LogP) is 24.1. The van der Waals surface area contributed by atoms with Crippen molar-refractivity contribution in [3.05, 3.63) is 303 Å². The van der Waals surface area contributed by atoms with Crippen LogP contribution in [0, 0.1) is 113 Å². The monoisotopic (exact) mass is 1440 g/mol. The quantitative estimate of drug-likeness (QED) is 0.141. The standard InChI is InChI=1S/3C27H32N.C24H26N/c1-17-8-11-22-23-13-20(15-27(4,5)6)9-10-21(23)14-24(22)26(17)25-12-18(2)19(3)16-28(25)7;1-17-11-12-22-23(25(17)24-13-18(2)19(3)16-28(24)7)14-20-9-8-10-21(26(20)22)15-27(4,5)6;1-17-13-24(28(7)16-19(17)3)25-18(2)12-21(15-27(4,5)6)26-22-11-9-8-10-20(22)14-23(25)26;1-14-8-7-9-19-12-20-23(16(3)10-17(4)24(20)22(14)19)21-11-15(2)18(5)13-25(21)6/h3*8-13,16H,14-15H2,1-7H3;7-11,13H,12H2,1-6H3/q4*+1. The molecule has 558 valence electrons. The molecule has 109 heavy (non-hydrogen) atoms. The fourth-order valence-corrected chi connectivity index (χ4v) is 18.6. The summed E-state index contributed by atoms with van der Waals surface area (Å²) in [6.07, 6.45) is 16.5. The van der Waals surface area contributed by atoms with Crippen molar-refractivity contribution in [2.45, 2.75) is 204 Å². The molecule has 4 heteroatoms. The van der Waals surface area contributed by atoms with Gasteiger partial charge in [-0.1, -0.05) is 178 Å². The third kappa shape index (κ3) is 15.4. The first-order valence-corrected chi connectivity index (χ1v) is 40.2. The molecule has 4 nitrogen and oxygen atoms in total. The smallest absolute Gasteiger partial charge is 0.201 e. The highest BCUT2D eigenvalue weighted by atomic mass is 14.9. The Bertz CT molecular complexity index is 5660. The average Bonchev–Trinajstić information content (AvgIpc) is 1.63. The van der Waals surface area contributed by atoms with Crippen molar-refractivity contribution < 1.29 is 18.3 Å². The van der Waals surface area contributed by atoms with Gasteiger partial charge in [0.15, 0.2) is 24.8 Å². The lowest BCUT2D eigenvalue weighted by atomic mass is 9.82. The molecule has 4 aromatic heterocycles. The van der Waals surface area contributed by atoms with Gasteiger partial charge in [0.2, 0.25) is 22.8 Å². The van der Waals surface area contributed by atoms with E-state index in [2.05, 4.69) is 370 Å². The highest BCUT2D eigenvalue weighted by Crippen LogP contribution is 2.50. The second-order valence-electron chi connectivity index (χ2n) is 37.1. The summed E-state index contributed by atoms with van der Waals surface area (Å²) in [5, 5.41) is 0. The maximum atomic E-state index is 2.46. The Labute approximate surface area is 655 Å². The normalized spacial score (nSPS) is 12.7. The molecule has 4 aliphatic carbocycles. The lowest BCUT2D eigenvalue weighted by molar-refractivity contribution is -0.660. The fraction of sp³-hybridized carbons (Fsp3) is 0.352. The van der Waals surface area contributed by atoms with E-state index in [1.54, 1.807) is 0 Å². The van der Waals surface area contributed by atoms with Crippen LogP contribution < -0.4 is 18.3 Å². The van der Waals surface area contributed by atoms with Crippen LogP contribution in [0.3, 0.4) is 0 Å². The zero-order valence-corrected chi connectivity index (χ0v) is 71.3. The molecule has 4 heterocycles. The first-order chi connectivity index (χ1) is 51.3. The van der Waals surface area contributed by atoms with Crippen LogP contribution in [0.5, 0.6) is 0 Å². The van der Waals surface area contributed by atoms with Crippen LogP contribution in [-0.2, 0) is 73.1 Å². The molecule has 0 aliphatic heterocycles.